The van der Waals surface area contributed by atoms with Crippen molar-refractivity contribution < 1.29 is 47.7 Å². The molecule has 1 aromatic rings. The van der Waals surface area contributed by atoms with Crippen molar-refractivity contribution in [3.05, 3.63) is 29.3 Å². The van der Waals surface area contributed by atoms with Crippen molar-refractivity contribution in [3.63, 3.8) is 0 Å². The number of benzene rings is 1. The first kappa shape index (κ1) is 36.2. The predicted octanol–water partition coefficient (Wildman–Crippen LogP) is 2.86. The Bertz CT molecular complexity index is 1130. The van der Waals surface area contributed by atoms with Crippen LogP contribution in [0.25, 0.3) is 0 Å². The molecule has 5 amide bonds. The maximum atomic E-state index is 13.1. The number of amides is 5. The molecule has 2 heterocycles. The summed E-state index contributed by atoms with van der Waals surface area (Å²) in [5.41, 5.74) is 0.410. The Morgan fingerprint density at radius 2 is 1.36 bits per heavy atom. The minimum absolute atomic E-state index is 0.0366. The van der Waals surface area contributed by atoms with Gasteiger partial charge in [0.15, 0.2) is 0 Å². The zero-order valence-corrected chi connectivity index (χ0v) is 26.3. The van der Waals surface area contributed by atoms with Crippen LogP contribution in [0.1, 0.15) is 85.4 Å². The molecule has 0 saturated carbocycles. The molecule has 1 atom stereocenters. The van der Waals surface area contributed by atoms with Gasteiger partial charge in [0.1, 0.15) is 6.04 Å². The van der Waals surface area contributed by atoms with E-state index in [1.165, 1.54) is 18.9 Å². The van der Waals surface area contributed by atoms with Crippen LogP contribution in [0, 0.1) is 0 Å². The Morgan fingerprint density at radius 3 is 1.93 bits per heavy atom. The molecule has 1 saturated heterocycles. The van der Waals surface area contributed by atoms with E-state index in [4.69, 9.17) is 23.7 Å². The van der Waals surface area contributed by atoms with Gasteiger partial charge in [-0.3, -0.25) is 34.2 Å². The maximum absolute atomic E-state index is 13.1. The van der Waals surface area contributed by atoms with Gasteiger partial charge in [-0.2, -0.15) is 0 Å². The van der Waals surface area contributed by atoms with Gasteiger partial charge < -0.3 is 29.0 Å². The van der Waals surface area contributed by atoms with Gasteiger partial charge in [-0.1, -0.05) is 32.3 Å². The van der Waals surface area contributed by atoms with E-state index in [2.05, 4.69) is 17.6 Å². The molecular formula is C32H47N3O10. The molecular weight excluding hydrogens is 586 g/mol. The average Bonchev–Trinajstić information content (AvgIpc) is 3.27. The van der Waals surface area contributed by atoms with Gasteiger partial charge in [0.25, 0.3) is 11.8 Å². The highest BCUT2D eigenvalue weighted by molar-refractivity contribution is 6.26. The monoisotopic (exact) mass is 633 g/mol. The van der Waals surface area contributed by atoms with E-state index in [1.54, 1.807) is 12.1 Å². The first-order valence-corrected chi connectivity index (χ1v) is 16.0. The number of unbranched alkanes of at least 4 members (excludes halogenated alkanes) is 4. The van der Waals surface area contributed by atoms with Crippen molar-refractivity contribution in [1.29, 1.82) is 0 Å². The summed E-state index contributed by atoms with van der Waals surface area (Å²) in [6, 6.07) is 3.56. The fourth-order valence-corrected chi connectivity index (χ4v) is 4.93. The molecule has 250 valence electrons. The lowest BCUT2D eigenvalue weighted by Crippen LogP contribution is -2.54. The zero-order chi connectivity index (χ0) is 32.3. The van der Waals surface area contributed by atoms with Crippen LogP contribution in [0.4, 0.5) is 5.69 Å². The summed E-state index contributed by atoms with van der Waals surface area (Å²) < 4.78 is 27.5. The summed E-state index contributed by atoms with van der Waals surface area (Å²) in [5.74, 6) is -2.67. The number of carbonyl (C=O) groups is 5. The molecule has 2 aliphatic heterocycles. The molecule has 1 fully saturated rings. The summed E-state index contributed by atoms with van der Waals surface area (Å²) in [6.45, 7) is 7.67. The third-order valence-electron chi connectivity index (χ3n) is 7.31. The number of nitrogens with zero attached hydrogens (tertiary/aromatic N) is 1. The molecule has 0 bridgehead atoms. The van der Waals surface area contributed by atoms with Crippen LogP contribution in [-0.4, -0.2) is 107 Å². The number of fused-ring (bicyclic) bond motifs is 1. The summed E-state index contributed by atoms with van der Waals surface area (Å²) >= 11 is 0. The second kappa shape index (κ2) is 20.7. The second-order valence-electron chi connectivity index (χ2n) is 10.8. The number of hydrogen-bond acceptors (Lipinski definition) is 10. The summed E-state index contributed by atoms with van der Waals surface area (Å²) in [7, 11) is 0. The fourth-order valence-electron chi connectivity index (χ4n) is 4.93. The third kappa shape index (κ3) is 12.2. The molecule has 13 heteroatoms. The van der Waals surface area contributed by atoms with Gasteiger partial charge >= 0.3 is 0 Å². The normalized spacial score (nSPS) is 16.3. The molecule has 1 unspecified atom stereocenters. The molecule has 2 N–H and O–H groups in total. The molecule has 13 nitrogen and oxygen atoms in total. The quantitative estimate of drug-likeness (QED) is 0.128. The molecule has 3 rings (SSSR count). The first-order chi connectivity index (χ1) is 21.9. The van der Waals surface area contributed by atoms with E-state index < -0.39 is 29.7 Å². The minimum Gasteiger partial charge on any atom is -0.379 e. The molecule has 0 aromatic heterocycles. The van der Waals surface area contributed by atoms with Crippen molar-refractivity contribution in [1.82, 2.24) is 10.2 Å². The van der Waals surface area contributed by atoms with Crippen molar-refractivity contribution >= 4 is 35.2 Å². The SMILES string of the molecule is CCCCCOCCOCCOCCOCCOCCCCCC(=O)Nc1cccc2c1C(=O)N(C1CCC(=O)NC1=O)C2=O. The van der Waals surface area contributed by atoms with Gasteiger partial charge in [-0.05, 0) is 37.8 Å². The largest absolute Gasteiger partial charge is 0.379 e. The fraction of sp³-hybridized carbons (Fsp3) is 0.656. The highest BCUT2D eigenvalue weighted by Crippen LogP contribution is 2.32. The van der Waals surface area contributed by atoms with Crippen LogP contribution in [0.3, 0.4) is 0 Å². The van der Waals surface area contributed by atoms with Gasteiger partial charge in [-0.25, -0.2) is 0 Å². The Hall–Kier alpha value is -3.23. The van der Waals surface area contributed by atoms with E-state index >= 15 is 0 Å². The molecule has 45 heavy (non-hydrogen) atoms. The average molecular weight is 634 g/mol. The van der Waals surface area contributed by atoms with Crippen LogP contribution < -0.4 is 10.6 Å². The molecule has 0 spiro atoms. The molecule has 1 aromatic carbocycles. The van der Waals surface area contributed by atoms with E-state index in [0.717, 1.165) is 30.8 Å². The lowest BCUT2D eigenvalue weighted by atomic mass is 10.0. The zero-order valence-electron chi connectivity index (χ0n) is 26.3. The number of rotatable bonds is 24. The van der Waals surface area contributed by atoms with Crippen LogP contribution in [0.5, 0.6) is 0 Å². The number of imide groups is 2. The summed E-state index contributed by atoms with van der Waals surface area (Å²) in [5, 5.41) is 4.90. The van der Waals surface area contributed by atoms with Crippen molar-refractivity contribution in [2.75, 3.05) is 71.4 Å². The van der Waals surface area contributed by atoms with Crippen LogP contribution in [0.15, 0.2) is 18.2 Å². The van der Waals surface area contributed by atoms with Crippen molar-refractivity contribution in [3.8, 4) is 0 Å². The Labute approximate surface area is 264 Å². The lowest BCUT2D eigenvalue weighted by Gasteiger charge is -2.27. The minimum atomic E-state index is -1.06. The summed E-state index contributed by atoms with van der Waals surface area (Å²) in [6.07, 6.45) is 6.02. The smallest absolute Gasteiger partial charge is 0.264 e. The highest BCUT2D eigenvalue weighted by atomic mass is 16.6. The second-order valence-corrected chi connectivity index (χ2v) is 10.8. The Morgan fingerprint density at radius 1 is 0.778 bits per heavy atom. The molecule has 0 radical (unpaired) electrons. The first-order valence-electron chi connectivity index (χ1n) is 16.0. The number of carbonyl (C=O) groups excluding carboxylic acids is 5. The van der Waals surface area contributed by atoms with Crippen LogP contribution >= 0.6 is 0 Å². The van der Waals surface area contributed by atoms with E-state index in [1.807, 2.05) is 0 Å². The van der Waals surface area contributed by atoms with Gasteiger partial charge in [0.05, 0.1) is 69.7 Å². The van der Waals surface area contributed by atoms with E-state index in [0.29, 0.717) is 65.9 Å². The standard InChI is InChI=1S/C32H47N3O10/c1-2-3-6-14-41-16-18-43-20-22-45-23-21-44-19-17-42-15-7-4-5-11-27(36)33-25-10-8-9-24-29(25)32(40)35(31(24)39)26-12-13-28(37)34-30(26)38/h8-10,26H,2-7,11-23H2,1H3,(H,33,36)(H,34,37,38). The topological polar surface area (TPSA) is 159 Å². The lowest BCUT2D eigenvalue weighted by molar-refractivity contribution is -0.136. The Balaban J connectivity index is 1.18. The predicted molar refractivity (Wildman–Crippen MR) is 164 cm³/mol. The molecule has 0 aliphatic carbocycles. The van der Waals surface area contributed by atoms with Gasteiger partial charge in [0, 0.05) is 26.1 Å². The van der Waals surface area contributed by atoms with E-state index in [9.17, 15) is 24.0 Å². The maximum Gasteiger partial charge on any atom is 0.264 e. The number of piperidine rings is 1. The van der Waals surface area contributed by atoms with Crippen molar-refractivity contribution in [2.24, 2.45) is 0 Å². The summed E-state index contributed by atoms with van der Waals surface area (Å²) in [4.78, 5) is 63.3. The van der Waals surface area contributed by atoms with Crippen LogP contribution in [0.2, 0.25) is 0 Å². The Kier molecular flexibility index (Phi) is 16.7. The van der Waals surface area contributed by atoms with Gasteiger partial charge in [-0.15, -0.1) is 0 Å². The number of anilines is 1. The van der Waals surface area contributed by atoms with Crippen molar-refractivity contribution in [2.45, 2.75) is 70.8 Å². The van der Waals surface area contributed by atoms with Gasteiger partial charge in [0.2, 0.25) is 17.7 Å². The van der Waals surface area contributed by atoms with Crippen LogP contribution in [-0.2, 0) is 38.1 Å². The number of hydrogen-bond donors (Lipinski definition) is 2. The number of ether oxygens (including phenoxy) is 5. The highest BCUT2D eigenvalue weighted by Gasteiger charge is 2.45. The third-order valence-corrected chi connectivity index (χ3v) is 7.31. The number of nitrogens with one attached hydrogen (secondary N) is 2. The van der Waals surface area contributed by atoms with E-state index in [-0.39, 0.29) is 42.0 Å². The molecule has 2 aliphatic rings.